The number of nitrogens with zero attached hydrogens (tertiary/aromatic N) is 1. The molecule has 2 aromatic carbocycles. The molecule has 94 valence electrons. The minimum absolute atomic E-state index is 0.562. The maximum absolute atomic E-state index is 8.85. The Morgan fingerprint density at radius 2 is 1.79 bits per heavy atom. The van der Waals surface area contributed by atoms with Crippen LogP contribution in [0.25, 0.3) is 5.76 Å². The second-order valence-electron chi connectivity index (χ2n) is 4.10. The summed E-state index contributed by atoms with van der Waals surface area (Å²) < 4.78 is 5.78. The van der Waals surface area contributed by atoms with Crippen LogP contribution in [0.15, 0.2) is 60.7 Å². The fourth-order valence-electron chi connectivity index (χ4n) is 1.75. The van der Waals surface area contributed by atoms with Crippen LogP contribution in [0.2, 0.25) is 0 Å². The van der Waals surface area contributed by atoms with Gasteiger partial charge < -0.3 is 4.74 Å². The molecule has 0 unspecified atom stereocenters. The first-order valence-corrected chi connectivity index (χ1v) is 6.25. The molecule has 0 heterocycles. The van der Waals surface area contributed by atoms with Gasteiger partial charge in [0.05, 0.1) is 12.1 Å². The summed E-state index contributed by atoms with van der Waals surface area (Å²) in [4.78, 5) is 0. The zero-order valence-corrected chi connectivity index (χ0v) is 10.8. The summed E-state index contributed by atoms with van der Waals surface area (Å²) in [5.74, 6) is 1.30. The summed E-state index contributed by atoms with van der Waals surface area (Å²) in [6.07, 6.45) is 2.42. The number of hydrogen-bond donors (Lipinski definition) is 0. The van der Waals surface area contributed by atoms with Crippen LogP contribution in [0.1, 0.15) is 18.1 Å². The van der Waals surface area contributed by atoms with Crippen LogP contribution in [-0.2, 0) is 6.42 Å². The summed E-state index contributed by atoms with van der Waals surface area (Å²) in [5.41, 5.74) is 2.15. The van der Waals surface area contributed by atoms with Crippen LogP contribution >= 0.6 is 0 Å². The van der Waals surface area contributed by atoms with Crippen molar-refractivity contribution < 1.29 is 4.74 Å². The van der Waals surface area contributed by atoms with Gasteiger partial charge in [0, 0.05) is 5.56 Å². The van der Waals surface area contributed by atoms with Crippen LogP contribution in [0, 0.1) is 11.3 Å². The van der Waals surface area contributed by atoms with E-state index in [4.69, 9.17) is 10.00 Å². The Morgan fingerprint density at radius 3 is 2.37 bits per heavy atom. The Bertz CT molecular complexity index is 591. The van der Waals surface area contributed by atoms with E-state index in [1.165, 1.54) is 11.6 Å². The van der Waals surface area contributed by atoms with Crippen molar-refractivity contribution >= 4 is 5.76 Å². The number of nitriles is 1. The minimum atomic E-state index is 0.562. The van der Waals surface area contributed by atoms with Crippen LogP contribution in [-0.4, -0.2) is 0 Å². The lowest BCUT2D eigenvalue weighted by molar-refractivity contribution is 0.515. The first-order valence-electron chi connectivity index (χ1n) is 6.25. The molecule has 0 aromatic heterocycles. The topological polar surface area (TPSA) is 33.0 Å². The highest BCUT2D eigenvalue weighted by Gasteiger charge is 2.04. The molecule has 0 aliphatic heterocycles. The fourth-order valence-corrected chi connectivity index (χ4v) is 1.75. The maximum Gasteiger partial charge on any atom is 0.145 e. The van der Waals surface area contributed by atoms with Gasteiger partial charge in [-0.3, -0.25) is 0 Å². The van der Waals surface area contributed by atoms with E-state index in [0.717, 1.165) is 17.7 Å². The Morgan fingerprint density at radius 1 is 1.11 bits per heavy atom. The van der Waals surface area contributed by atoms with Crippen molar-refractivity contribution in [2.24, 2.45) is 0 Å². The number of rotatable bonds is 4. The molecule has 0 bridgehead atoms. The highest BCUT2D eigenvalue weighted by atomic mass is 16.5. The molecule has 0 aliphatic rings. The third kappa shape index (κ3) is 3.46. The average molecular weight is 249 g/mol. The standard InChI is InChI=1S/C17H15NO/c1-2-14-8-10-16(11-9-14)19-17(12-13-18)15-6-4-3-5-7-15/h3-12H,2H2,1H3/b17-12+. The van der Waals surface area contributed by atoms with Gasteiger partial charge in [0.1, 0.15) is 11.5 Å². The van der Waals surface area contributed by atoms with Crippen LogP contribution in [0.5, 0.6) is 5.75 Å². The molecule has 2 aromatic rings. The van der Waals surface area contributed by atoms with Crippen molar-refractivity contribution in [1.82, 2.24) is 0 Å². The summed E-state index contributed by atoms with van der Waals surface area (Å²) in [6.45, 7) is 2.11. The molecule has 0 amide bonds. The lowest BCUT2D eigenvalue weighted by atomic mass is 10.1. The van der Waals surface area contributed by atoms with Crippen LogP contribution in [0.3, 0.4) is 0 Å². The summed E-state index contributed by atoms with van der Waals surface area (Å²) >= 11 is 0. The highest BCUT2D eigenvalue weighted by molar-refractivity contribution is 5.64. The zero-order valence-electron chi connectivity index (χ0n) is 10.8. The van der Waals surface area contributed by atoms with Crippen molar-refractivity contribution in [3.8, 4) is 11.8 Å². The summed E-state index contributed by atoms with van der Waals surface area (Å²) in [7, 11) is 0. The monoisotopic (exact) mass is 249 g/mol. The van der Waals surface area contributed by atoms with Crippen molar-refractivity contribution in [3.05, 3.63) is 71.8 Å². The third-order valence-electron chi connectivity index (χ3n) is 2.81. The number of allylic oxidation sites excluding steroid dienone is 1. The average Bonchev–Trinajstić information content (AvgIpc) is 2.48. The second-order valence-corrected chi connectivity index (χ2v) is 4.10. The molecule has 19 heavy (non-hydrogen) atoms. The van der Waals surface area contributed by atoms with Crippen molar-refractivity contribution in [3.63, 3.8) is 0 Å². The molecule has 0 aliphatic carbocycles. The largest absolute Gasteiger partial charge is 0.456 e. The maximum atomic E-state index is 8.85. The van der Waals surface area contributed by atoms with Gasteiger partial charge in [-0.2, -0.15) is 5.26 Å². The van der Waals surface area contributed by atoms with E-state index in [2.05, 4.69) is 6.92 Å². The second kappa shape index (κ2) is 6.42. The molecule has 2 heteroatoms. The smallest absolute Gasteiger partial charge is 0.145 e. The van der Waals surface area contributed by atoms with Gasteiger partial charge in [-0.1, -0.05) is 49.4 Å². The Labute approximate surface area is 113 Å². The van der Waals surface area contributed by atoms with E-state index in [1.807, 2.05) is 60.7 Å². The Kier molecular flexibility index (Phi) is 4.36. The van der Waals surface area contributed by atoms with Crippen molar-refractivity contribution in [2.45, 2.75) is 13.3 Å². The number of hydrogen-bond acceptors (Lipinski definition) is 2. The number of benzene rings is 2. The first kappa shape index (κ1) is 12.9. The predicted molar refractivity (Wildman–Crippen MR) is 76.5 cm³/mol. The molecule has 0 saturated carbocycles. The highest BCUT2D eigenvalue weighted by Crippen LogP contribution is 2.21. The SMILES string of the molecule is CCc1ccc(O/C(=C/C#N)c2ccccc2)cc1. The molecule has 0 spiro atoms. The molecule has 2 nitrogen and oxygen atoms in total. The molecular weight excluding hydrogens is 234 g/mol. The molecule has 0 radical (unpaired) electrons. The van der Waals surface area contributed by atoms with E-state index in [9.17, 15) is 0 Å². The quantitative estimate of drug-likeness (QED) is 0.601. The van der Waals surface area contributed by atoms with Gasteiger partial charge in [0.25, 0.3) is 0 Å². The van der Waals surface area contributed by atoms with Gasteiger partial charge >= 0.3 is 0 Å². The van der Waals surface area contributed by atoms with Gasteiger partial charge in [0.15, 0.2) is 0 Å². The Hall–Kier alpha value is -2.53. The Balaban J connectivity index is 2.22. The molecule has 0 fully saturated rings. The van der Waals surface area contributed by atoms with Gasteiger partial charge in [0.2, 0.25) is 0 Å². The third-order valence-corrected chi connectivity index (χ3v) is 2.81. The fraction of sp³-hybridized carbons (Fsp3) is 0.118. The summed E-state index contributed by atoms with van der Waals surface area (Å²) in [5, 5.41) is 8.85. The lowest BCUT2D eigenvalue weighted by Gasteiger charge is -2.09. The first-order chi connectivity index (χ1) is 9.33. The minimum Gasteiger partial charge on any atom is -0.456 e. The molecule has 0 atom stereocenters. The van der Waals surface area contributed by atoms with E-state index in [-0.39, 0.29) is 0 Å². The lowest BCUT2D eigenvalue weighted by Crippen LogP contribution is -1.95. The molecule has 0 N–H and O–H groups in total. The molecule has 2 rings (SSSR count). The number of aryl methyl sites for hydroxylation is 1. The van der Waals surface area contributed by atoms with E-state index >= 15 is 0 Å². The van der Waals surface area contributed by atoms with Gasteiger partial charge in [-0.15, -0.1) is 0 Å². The van der Waals surface area contributed by atoms with E-state index < -0.39 is 0 Å². The molecule has 0 saturated heterocycles. The van der Waals surface area contributed by atoms with Crippen LogP contribution in [0.4, 0.5) is 0 Å². The van der Waals surface area contributed by atoms with Gasteiger partial charge in [-0.25, -0.2) is 0 Å². The van der Waals surface area contributed by atoms with E-state index in [0.29, 0.717) is 5.76 Å². The predicted octanol–water partition coefficient (Wildman–Crippen LogP) is 4.19. The van der Waals surface area contributed by atoms with Crippen LogP contribution < -0.4 is 4.74 Å². The molecular formula is C17H15NO. The van der Waals surface area contributed by atoms with E-state index in [1.54, 1.807) is 0 Å². The number of ether oxygens (including phenoxy) is 1. The van der Waals surface area contributed by atoms with Crippen molar-refractivity contribution in [1.29, 1.82) is 5.26 Å². The van der Waals surface area contributed by atoms with Crippen molar-refractivity contribution in [2.75, 3.05) is 0 Å². The summed E-state index contributed by atoms with van der Waals surface area (Å²) in [6, 6.07) is 19.5. The normalized spacial score (nSPS) is 10.8. The zero-order chi connectivity index (χ0) is 13.5. The van der Waals surface area contributed by atoms with Gasteiger partial charge in [-0.05, 0) is 24.1 Å².